The van der Waals surface area contributed by atoms with Gasteiger partial charge in [-0.2, -0.15) is 0 Å². The van der Waals surface area contributed by atoms with Crippen molar-refractivity contribution < 1.29 is 0 Å². The lowest BCUT2D eigenvalue weighted by molar-refractivity contribution is 0.566. The molecule has 0 bridgehead atoms. The van der Waals surface area contributed by atoms with E-state index < -0.39 is 0 Å². The molecule has 2 heterocycles. The van der Waals surface area contributed by atoms with E-state index in [0.29, 0.717) is 5.92 Å². The van der Waals surface area contributed by atoms with Gasteiger partial charge in [-0.3, -0.25) is 0 Å². The van der Waals surface area contributed by atoms with Crippen LogP contribution in [0, 0.1) is 5.92 Å². The molecule has 1 aromatic carbocycles. The van der Waals surface area contributed by atoms with Gasteiger partial charge < -0.3 is 10.6 Å². The molecule has 88 valence electrons. The van der Waals surface area contributed by atoms with E-state index in [4.69, 9.17) is 5.73 Å². The van der Waals surface area contributed by atoms with Crippen molar-refractivity contribution >= 4 is 16.6 Å². The fourth-order valence-electron chi connectivity index (χ4n) is 2.52. The molecular formula is C14H17N3. The molecule has 3 rings (SSSR count). The van der Waals surface area contributed by atoms with Crippen molar-refractivity contribution in [1.29, 1.82) is 0 Å². The lowest BCUT2D eigenvalue weighted by Crippen LogP contribution is -2.28. The van der Waals surface area contributed by atoms with Crippen LogP contribution in [0.1, 0.15) is 6.92 Å². The van der Waals surface area contributed by atoms with E-state index in [9.17, 15) is 0 Å². The van der Waals surface area contributed by atoms with Gasteiger partial charge in [-0.05, 0) is 17.4 Å². The number of rotatable bonds is 1. The summed E-state index contributed by atoms with van der Waals surface area (Å²) in [6.07, 6.45) is 1.88. The van der Waals surface area contributed by atoms with Gasteiger partial charge in [0.2, 0.25) is 0 Å². The quantitative estimate of drug-likeness (QED) is 0.810. The van der Waals surface area contributed by atoms with Gasteiger partial charge >= 0.3 is 0 Å². The second-order valence-electron chi connectivity index (χ2n) is 4.90. The lowest BCUT2D eigenvalue weighted by atomic mass is 10.1. The van der Waals surface area contributed by atoms with E-state index in [1.807, 2.05) is 6.20 Å². The lowest BCUT2D eigenvalue weighted by Gasteiger charge is -2.18. The van der Waals surface area contributed by atoms with Crippen LogP contribution in [-0.4, -0.2) is 24.1 Å². The van der Waals surface area contributed by atoms with E-state index in [0.717, 1.165) is 18.9 Å². The molecule has 0 aliphatic carbocycles. The van der Waals surface area contributed by atoms with Crippen molar-refractivity contribution in [2.75, 3.05) is 18.0 Å². The van der Waals surface area contributed by atoms with Crippen LogP contribution in [0.4, 0.5) is 5.82 Å². The van der Waals surface area contributed by atoms with Crippen molar-refractivity contribution in [2.24, 2.45) is 11.7 Å². The van der Waals surface area contributed by atoms with Gasteiger partial charge in [0.25, 0.3) is 0 Å². The molecular weight excluding hydrogens is 210 g/mol. The first-order valence-electron chi connectivity index (χ1n) is 6.10. The Morgan fingerprint density at radius 2 is 2.06 bits per heavy atom. The molecule has 2 N–H and O–H groups in total. The summed E-state index contributed by atoms with van der Waals surface area (Å²) in [4.78, 5) is 6.83. The number of aromatic nitrogens is 1. The highest BCUT2D eigenvalue weighted by molar-refractivity contribution is 5.92. The minimum absolute atomic E-state index is 0.260. The third-order valence-corrected chi connectivity index (χ3v) is 3.62. The molecule has 3 nitrogen and oxygen atoms in total. The van der Waals surface area contributed by atoms with Gasteiger partial charge in [-0.15, -0.1) is 0 Å². The number of nitrogens with two attached hydrogens (primary N) is 1. The Morgan fingerprint density at radius 1 is 1.24 bits per heavy atom. The molecule has 1 saturated heterocycles. The largest absolute Gasteiger partial charge is 0.354 e. The monoisotopic (exact) mass is 227 g/mol. The second kappa shape index (κ2) is 4.00. The fraction of sp³-hybridized carbons (Fsp3) is 0.357. The topological polar surface area (TPSA) is 42.2 Å². The first-order valence-corrected chi connectivity index (χ1v) is 6.10. The van der Waals surface area contributed by atoms with Gasteiger partial charge in [0, 0.05) is 30.7 Å². The number of pyridine rings is 1. The summed E-state index contributed by atoms with van der Waals surface area (Å²) in [5, 5.41) is 2.46. The SMILES string of the molecule is CC1CN(c2nccc3ccccc23)CC1N. The molecule has 0 saturated carbocycles. The third kappa shape index (κ3) is 1.76. The van der Waals surface area contributed by atoms with Crippen molar-refractivity contribution in [2.45, 2.75) is 13.0 Å². The summed E-state index contributed by atoms with van der Waals surface area (Å²) >= 11 is 0. The maximum absolute atomic E-state index is 6.08. The first-order chi connectivity index (χ1) is 8.25. The predicted molar refractivity (Wildman–Crippen MR) is 71.1 cm³/mol. The molecule has 2 atom stereocenters. The van der Waals surface area contributed by atoms with Gasteiger partial charge in [0.15, 0.2) is 0 Å². The number of benzene rings is 1. The summed E-state index contributed by atoms with van der Waals surface area (Å²) in [6, 6.07) is 10.7. The molecule has 2 aromatic rings. The Balaban J connectivity index is 2.06. The van der Waals surface area contributed by atoms with Gasteiger partial charge in [-0.1, -0.05) is 31.2 Å². The van der Waals surface area contributed by atoms with E-state index in [1.54, 1.807) is 0 Å². The van der Waals surface area contributed by atoms with Gasteiger partial charge in [0.05, 0.1) is 0 Å². The van der Waals surface area contributed by atoms with E-state index >= 15 is 0 Å². The Hall–Kier alpha value is -1.61. The van der Waals surface area contributed by atoms with E-state index in [-0.39, 0.29) is 6.04 Å². The van der Waals surface area contributed by atoms with Crippen LogP contribution in [-0.2, 0) is 0 Å². The first kappa shape index (κ1) is 10.5. The van der Waals surface area contributed by atoms with Crippen LogP contribution in [0.15, 0.2) is 36.5 Å². The molecule has 1 aliphatic heterocycles. The molecule has 1 fully saturated rings. The Bertz CT molecular complexity index is 522. The minimum atomic E-state index is 0.260. The van der Waals surface area contributed by atoms with Crippen LogP contribution in [0.2, 0.25) is 0 Å². The van der Waals surface area contributed by atoms with Crippen LogP contribution in [0.25, 0.3) is 10.8 Å². The third-order valence-electron chi connectivity index (χ3n) is 3.62. The molecule has 0 spiro atoms. The maximum Gasteiger partial charge on any atom is 0.136 e. The normalized spacial score (nSPS) is 24.5. The smallest absolute Gasteiger partial charge is 0.136 e. The Kier molecular flexibility index (Phi) is 2.48. The molecule has 3 heteroatoms. The summed E-state index contributed by atoms with van der Waals surface area (Å²) in [6.45, 7) is 4.11. The van der Waals surface area contributed by atoms with Crippen LogP contribution < -0.4 is 10.6 Å². The predicted octanol–water partition coefficient (Wildman–Crippen LogP) is 2.02. The average Bonchev–Trinajstić information content (AvgIpc) is 2.69. The zero-order chi connectivity index (χ0) is 11.8. The molecule has 17 heavy (non-hydrogen) atoms. The highest BCUT2D eigenvalue weighted by atomic mass is 15.2. The van der Waals surface area contributed by atoms with Crippen LogP contribution in [0.3, 0.4) is 0 Å². The van der Waals surface area contributed by atoms with E-state index in [2.05, 4.69) is 47.1 Å². The number of nitrogens with zero attached hydrogens (tertiary/aromatic N) is 2. The van der Waals surface area contributed by atoms with Crippen molar-refractivity contribution in [3.05, 3.63) is 36.5 Å². The van der Waals surface area contributed by atoms with E-state index in [1.165, 1.54) is 10.8 Å². The van der Waals surface area contributed by atoms with Crippen molar-refractivity contribution in [3.8, 4) is 0 Å². The van der Waals surface area contributed by atoms with Crippen LogP contribution in [0.5, 0.6) is 0 Å². The molecule has 2 unspecified atom stereocenters. The van der Waals surface area contributed by atoms with Gasteiger partial charge in [0.1, 0.15) is 5.82 Å². The highest BCUT2D eigenvalue weighted by Crippen LogP contribution is 2.28. The highest BCUT2D eigenvalue weighted by Gasteiger charge is 2.28. The summed E-state index contributed by atoms with van der Waals surface area (Å²) in [7, 11) is 0. The molecule has 0 radical (unpaired) electrons. The van der Waals surface area contributed by atoms with Crippen molar-refractivity contribution in [3.63, 3.8) is 0 Å². The number of anilines is 1. The summed E-state index contributed by atoms with van der Waals surface area (Å²) in [5.74, 6) is 1.61. The zero-order valence-electron chi connectivity index (χ0n) is 10.0. The molecule has 0 amide bonds. The fourth-order valence-corrected chi connectivity index (χ4v) is 2.52. The molecule has 1 aliphatic rings. The number of hydrogen-bond donors (Lipinski definition) is 1. The minimum Gasteiger partial charge on any atom is -0.354 e. The Morgan fingerprint density at radius 3 is 2.82 bits per heavy atom. The molecule has 1 aromatic heterocycles. The number of hydrogen-bond acceptors (Lipinski definition) is 3. The second-order valence-corrected chi connectivity index (χ2v) is 4.90. The average molecular weight is 227 g/mol. The van der Waals surface area contributed by atoms with Crippen molar-refractivity contribution in [1.82, 2.24) is 4.98 Å². The van der Waals surface area contributed by atoms with Crippen LogP contribution >= 0.6 is 0 Å². The van der Waals surface area contributed by atoms with Gasteiger partial charge in [-0.25, -0.2) is 4.98 Å². The standard InChI is InChI=1S/C14H17N3/c1-10-8-17(9-13(10)15)14-12-5-3-2-4-11(12)6-7-16-14/h2-7,10,13H,8-9,15H2,1H3. The zero-order valence-corrected chi connectivity index (χ0v) is 10.0. The summed E-state index contributed by atoms with van der Waals surface area (Å²) < 4.78 is 0. The number of fused-ring (bicyclic) bond motifs is 1. The Labute approximate surface area is 101 Å². The summed E-state index contributed by atoms with van der Waals surface area (Å²) in [5.41, 5.74) is 6.08. The maximum atomic E-state index is 6.08.